The molecule has 2 N–H and O–H groups in total. The van der Waals surface area contributed by atoms with E-state index in [9.17, 15) is 9.90 Å². The topological polar surface area (TPSA) is 58.6 Å². The number of hydrogen-bond acceptors (Lipinski definition) is 3. The highest BCUT2D eigenvalue weighted by Crippen LogP contribution is 2.23. The maximum atomic E-state index is 11.9. The summed E-state index contributed by atoms with van der Waals surface area (Å²) in [5.74, 6) is 0.667. The minimum Gasteiger partial charge on any atom is -0.508 e. The number of ether oxygens (including phenoxy) is 1. The number of carbonyl (C=O) groups excluding carboxylic acids is 1. The second-order valence-electron chi connectivity index (χ2n) is 5.05. The fourth-order valence-corrected chi connectivity index (χ4v) is 2.24. The predicted octanol–water partition coefficient (Wildman–Crippen LogP) is 3.67. The van der Waals surface area contributed by atoms with Crippen molar-refractivity contribution < 1.29 is 14.6 Å². The van der Waals surface area contributed by atoms with Crippen molar-refractivity contribution in [2.45, 2.75) is 13.8 Å². The number of aryl methyl sites for hydroxylation is 2. The molecule has 0 spiro atoms. The van der Waals surface area contributed by atoms with Gasteiger partial charge in [-0.05, 0) is 60.9 Å². The molecule has 1 amide bonds. The quantitative estimate of drug-likeness (QED) is 0.847. The van der Waals surface area contributed by atoms with Gasteiger partial charge in [0.2, 0.25) is 5.91 Å². The molecule has 22 heavy (non-hydrogen) atoms. The van der Waals surface area contributed by atoms with Crippen molar-refractivity contribution in [3.8, 4) is 11.5 Å². The van der Waals surface area contributed by atoms with Crippen LogP contribution >= 0.6 is 0 Å². The van der Waals surface area contributed by atoms with Crippen LogP contribution in [0.2, 0.25) is 0 Å². The van der Waals surface area contributed by atoms with Crippen LogP contribution in [0.25, 0.3) is 6.08 Å². The lowest BCUT2D eigenvalue weighted by Crippen LogP contribution is -2.07. The molecule has 0 unspecified atom stereocenters. The number of amides is 1. The number of hydrogen-bond donors (Lipinski definition) is 2. The van der Waals surface area contributed by atoms with Gasteiger partial charge >= 0.3 is 0 Å². The maximum absolute atomic E-state index is 11.9. The largest absolute Gasteiger partial charge is 0.508 e. The summed E-state index contributed by atoms with van der Waals surface area (Å²) in [7, 11) is 1.63. The third-order valence-corrected chi connectivity index (χ3v) is 3.32. The Morgan fingerprint density at radius 3 is 2.45 bits per heavy atom. The normalized spacial score (nSPS) is 10.7. The fourth-order valence-electron chi connectivity index (χ4n) is 2.24. The van der Waals surface area contributed by atoms with Crippen LogP contribution in [-0.4, -0.2) is 18.1 Å². The highest BCUT2D eigenvalue weighted by molar-refractivity contribution is 6.02. The third-order valence-electron chi connectivity index (χ3n) is 3.32. The zero-order valence-electron chi connectivity index (χ0n) is 12.9. The van der Waals surface area contributed by atoms with Gasteiger partial charge in [-0.15, -0.1) is 0 Å². The van der Waals surface area contributed by atoms with Crippen LogP contribution in [0, 0.1) is 13.8 Å². The molecule has 0 aliphatic rings. The number of rotatable bonds is 4. The molecule has 0 heterocycles. The molecule has 0 fully saturated rings. The van der Waals surface area contributed by atoms with Gasteiger partial charge < -0.3 is 15.2 Å². The number of anilines is 1. The Balaban J connectivity index is 2.13. The fraction of sp³-hybridized carbons (Fsp3) is 0.167. The second-order valence-corrected chi connectivity index (χ2v) is 5.05. The minimum absolute atomic E-state index is 0.114. The molecule has 0 atom stereocenters. The van der Waals surface area contributed by atoms with Gasteiger partial charge in [0.1, 0.15) is 11.5 Å². The first-order chi connectivity index (χ1) is 10.5. The summed E-state index contributed by atoms with van der Waals surface area (Å²) < 4.78 is 5.22. The molecule has 4 nitrogen and oxygen atoms in total. The van der Waals surface area contributed by atoms with Crippen molar-refractivity contribution in [2.75, 3.05) is 12.4 Å². The third kappa shape index (κ3) is 3.88. The SMILES string of the molecule is COc1cc(C)c(/C=C/C(=O)Nc2cccc(O)c2)c(C)c1. The molecule has 114 valence electrons. The van der Waals surface area contributed by atoms with Crippen molar-refractivity contribution in [2.24, 2.45) is 0 Å². The van der Waals surface area contributed by atoms with Crippen molar-refractivity contribution in [1.29, 1.82) is 0 Å². The molecule has 0 radical (unpaired) electrons. The van der Waals surface area contributed by atoms with Crippen LogP contribution in [0.4, 0.5) is 5.69 Å². The van der Waals surface area contributed by atoms with E-state index in [2.05, 4.69) is 5.32 Å². The van der Waals surface area contributed by atoms with E-state index >= 15 is 0 Å². The Bertz CT molecular complexity index is 697. The Kier molecular flexibility index (Phi) is 4.84. The van der Waals surface area contributed by atoms with E-state index < -0.39 is 0 Å². The lowest BCUT2D eigenvalue weighted by atomic mass is 10.0. The number of nitrogens with one attached hydrogen (secondary N) is 1. The molecular formula is C18H19NO3. The van der Waals surface area contributed by atoms with Crippen molar-refractivity contribution in [3.63, 3.8) is 0 Å². The average Bonchev–Trinajstić information content (AvgIpc) is 2.46. The number of benzene rings is 2. The van der Waals surface area contributed by atoms with Crippen molar-refractivity contribution in [1.82, 2.24) is 0 Å². The van der Waals surface area contributed by atoms with Crippen LogP contribution in [0.3, 0.4) is 0 Å². The van der Waals surface area contributed by atoms with E-state index in [0.29, 0.717) is 5.69 Å². The molecule has 2 aromatic carbocycles. The average molecular weight is 297 g/mol. The van der Waals surface area contributed by atoms with Crippen LogP contribution < -0.4 is 10.1 Å². The molecular weight excluding hydrogens is 278 g/mol. The van der Waals surface area contributed by atoms with Crippen LogP contribution in [0.1, 0.15) is 16.7 Å². The lowest BCUT2D eigenvalue weighted by Gasteiger charge is -2.09. The van der Waals surface area contributed by atoms with Crippen LogP contribution in [-0.2, 0) is 4.79 Å². The Hall–Kier alpha value is -2.75. The summed E-state index contributed by atoms with van der Waals surface area (Å²) in [5, 5.41) is 12.1. The molecule has 0 aliphatic heterocycles. The van der Waals surface area contributed by atoms with E-state index in [1.807, 2.05) is 26.0 Å². The number of phenols is 1. The first-order valence-corrected chi connectivity index (χ1v) is 6.93. The summed E-state index contributed by atoms with van der Waals surface area (Å²) >= 11 is 0. The van der Waals surface area contributed by atoms with Gasteiger partial charge in [0, 0.05) is 17.8 Å². The van der Waals surface area contributed by atoms with Gasteiger partial charge in [-0.3, -0.25) is 4.79 Å². The number of aromatic hydroxyl groups is 1. The zero-order valence-corrected chi connectivity index (χ0v) is 12.9. The smallest absolute Gasteiger partial charge is 0.248 e. The Labute approximate surface area is 130 Å². The van der Waals surface area contributed by atoms with E-state index in [4.69, 9.17) is 4.74 Å². The van der Waals surface area contributed by atoms with E-state index in [1.54, 1.807) is 31.4 Å². The predicted molar refractivity (Wildman–Crippen MR) is 88.2 cm³/mol. The number of carbonyl (C=O) groups is 1. The number of methoxy groups -OCH3 is 1. The summed E-state index contributed by atoms with van der Waals surface area (Å²) in [6, 6.07) is 10.3. The van der Waals surface area contributed by atoms with E-state index in [-0.39, 0.29) is 11.7 Å². The van der Waals surface area contributed by atoms with Gasteiger partial charge in [0.05, 0.1) is 7.11 Å². The molecule has 2 aromatic rings. The van der Waals surface area contributed by atoms with Gasteiger partial charge in [0.25, 0.3) is 0 Å². The second kappa shape index (κ2) is 6.80. The first kappa shape index (κ1) is 15.6. The molecule has 0 saturated heterocycles. The summed E-state index contributed by atoms with van der Waals surface area (Å²) in [4.78, 5) is 11.9. The van der Waals surface area contributed by atoms with Gasteiger partial charge in [-0.2, -0.15) is 0 Å². The number of phenolic OH excluding ortho intramolecular Hbond substituents is 1. The minimum atomic E-state index is -0.250. The Morgan fingerprint density at radius 2 is 1.86 bits per heavy atom. The van der Waals surface area contributed by atoms with Gasteiger partial charge in [-0.25, -0.2) is 0 Å². The highest BCUT2D eigenvalue weighted by atomic mass is 16.5. The molecule has 2 rings (SSSR count). The zero-order chi connectivity index (χ0) is 16.1. The molecule has 0 bridgehead atoms. The maximum Gasteiger partial charge on any atom is 0.248 e. The van der Waals surface area contributed by atoms with Crippen molar-refractivity contribution >= 4 is 17.7 Å². The molecule has 0 saturated carbocycles. The van der Waals surface area contributed by atoms with E-state index in [1.165, 1.54) is 12.1 Å². The summed E-state index contributed by atoms with van der Waals surface area (Å²) in [6.07, 6.45) is 3.26. The standard InChI is InChI=1S/C18H19NO3/c1-12-9-16(22-3)10-13(2)17(12)7-8-18(21)19-14-5-4-6-15(20)11-14/h4-11,20H,1-3H3,(H,19,21)/b8-7+. The molecule has 4 heteroatoms. The summed E-state index contributed by atoms with van der Waals surface area (Å²) in [6.45, 7) is 3.95. The molecule has 0 aromatic heterocycles. The molecule has 0 aliphatic carbocycles. The first-order valence-electron chi connectivity index (χ1n) is 6.93. The van der Waals surface area contributed by atoms with Gasteiger partial charge in [-0.1, -0.05) is 6.07 Å². The highest BCUT2D eigenvalue weighted by Gasteiger charge is 2.04. The van der Waals surface area contributed by atoms with Crippen molar-refractivity contribution in [3.05, 3.63) is 59.2 Å². The van der Waals surface area contributed by atoms with Crippen LogP contribution in [0.5, 0.6) is 11.5 Å². The van der Waals surface area contributed by atoms with Crippen LogP contribution in [0.15, 0.2) is 42.5 Å². The summed E-state index contributed by atoms with van der Waals surface area (Å²) in [5.41, 5.74) is 3.63. The van der Waals surface area contributed by atoms with E-state index in [0.717, 1.165) is 22.4 Å². The monoisotopic (exact) mass is 297 g/mol. The lowest BCUT2D eigenvalue weighted by molar-refractivity contribution is -0.111. The van der Waals surface area contributed by atoms with Gasteiger partial charge in [0.15, 0.2) is 0 Å². The Morgan fingerprint density at radius 1 is 1.18 bits per heavy atom.